The fourth-order valence-electron chi connectivity index (χ4n) is 2.64. The van der Waals surface area contributed by atoms with Crippen LogP contribution in [0.25, 0.3) is 0 Å². The average Bonchev–Trinajstić information content (AvgIpc) is 3.01. The molecule has 4 heteroatoms. The number of carbonyl (C=O) groups excluding carboxylic acids is 1. The Morgan fingerprint density at radius 2 is 2.19 bits per heavy atom. The van der Waals surface area contributed by atoms with Crippen LogP contribution in [0.3, 0.4) is 0 Å². The highest BCUT2D eigenvalue weighted by atomic mass is 16.5. The van der Waals surface area contributed by atoms with Crippen molar-refractivity contribution in [3.05, 3.63) is 41.6 Å². The fraction of sp³-hybridized carbons (Fsp3) is 0.471. The van der Waals surface area contributed by atoms with E-state index in [-0.39, 0.29) is 12.5 Å². The van der Waals surface area contributed by atoms with Crippen LogP contribution < -0.4 is 10.1 Å². The molecule has 1 aromatic carbocycles. The van der Waals surface area contributed by atoms with Crippen LogP contribution in [0.5, 0.6) is 5.75 Å². The first-order chi connectivity index (χ1) is 10.3. The molecule has 1 aliphatic carbocycles. The van der Waals surface area contributed by atoms with Crippen LogP contribution in [0.4, 0.5) is 0 Å². The summed E-state index contributed by atoms with van der Waals surface area (Å²) in [4.78, 5) is 14.2. The standard InChI is InChI=1S/C17H24N2O2/c1-3-19(15-9-5-6-10-15)17(20)13-21-16-11-7-4-8-14(16)12-18-2/h4,7-9,11,18H,3,5-6,10,12-13H2,1-2H3. The maximum atomic E-state index is 12.3. The molecule has 4 nitrogen and oxygen atoms in total. The first kappa shape index (κ1) is 15.6. The van der Waals surface area contributed by atoms with Gasteiger partial charge in [-0.25, -0.2) is 0 Å². The Hall–Kier alpha value is -1.81. The number of nitrogens with one attached hydrogen (secondary N) is 1. The molecule has 21 heavy (non-hydrogen) atoms. The van der Waals surface area contributed by atoms with E-state index in [9.17, 15) is 4.79 Å². The molecule has 0 spiro atoms. The monoisotopic (exact) mass is 288 g/mol. The van der Waals surface area contributed by atoms with Crippen molar-refractivity contribution in [3.8, 4) is 5.75 Å². The van der Waals surface area contributed by atoms with Crippen LogP contribution in [-0.4, -0.2) is 31.0 Å². The summed E-state index contributed by atoms with van der Waals surface area (Å²) >= 11 is 0. The van der Waals surface area contributed by atoms with Crippen molar-refractivity contribution in [2.75, 3.05) is 20.2 Å². The zero-order valence-electron chi connectivity index (χ0n) is 12.9. The van der Waals surface area contributed by atoms with Gasteiger partial charge >= 0.3 is 0 Å². The summed E-state index contributed by atoms with van der Waals surface area (Å²) in [6.45, 7) is 3.52. The molecule has 0 heterocycles. The number of ether oxygens (including phenoxy) is 1. The van der Waals surface area contributed by atoms with E-state index in [2.05, 4.69) is 11.4 Å². The van der Waals surface area contributed by atoms with Crippen molar-refractivity contribution >= 4 is 5.91 Å². The largest absolute Gasteiger partial charge is 0.483 e. The number of likely N-dealkylation sites (N-methyl/N-ethyl adjacent to an activating group) is 1. The van der Waals surface area contributed by atoms with Gasteiger partial charge in [-0.05, 0) is 39.3 Å². The summed E-state index contributed by atoms with van der Waals surface area (Å²) in [7, 11) is 1.90. The second kappa shape index (κ2) is 7.84. The summed E-state index contributed by atoms with van der Waals surface area (Å²) in [5.41, 5.74) is 2.21. The number of amides is 1. The molecule has 0 bridgehead atoms. The SMILES string of the molecule is CCN(C(=O)COc1ccccc1CNC)C1=CCCC1. The van der Waals surface area contributed by atoms with E-state index in [1.807, 2.05) is 43.1 Å². The van der Waals surface area contributed by atoms with Crippen LogP contribution in [0, 0.1) is 0 Å². The van der Waals surface area contributed by atoms with E-state index in [1.54, 1.807) is 0 Å². The van der Waals surface area contributed by atoms with E-state index >= 15 is 0 Å². The van der Waals surface area contributed by atoms with Gasteiger partial charge in [0.15, 0.2) is 6.61 Å². The molecule has 0 aromatic heterocycles. The van der Waals surface area contributed by atoms with E-state index < -0.39 is 0 Å². The number of hydrogen-bond acceptors (Lipinski definition) is 3. The second-order valence-corrected chi connectivity index (χ2v) is 5.15. The van der Waals surface area contributed by atoms with Gasteiger partial charge in [0.2, 0.25) is 0 Å². The molecule has 0 unspecified atom stereocenters. The summed E-state index contributed by atoms with van der Waals surface area (Å²) in [5.74, 6) is 0.807. The molecule has 0 aliphatic heterocycles. The van der Waals surface area contributed by atoms with Crippen molar-refractivity contribution < 1.29 is 9.53 Å². The molecule has 0 radical (unpaired) electrons. The van der Waals surface area contributed by atoms with Gasteiger partial charge in [-0.1, -0.05) is 24.3 Å². The van der Waals surface area contributed by atoms with Crippen molar-refractivity contribution in [1.29, 1.82) is 0 Å². The lowest BCUT2D eigenvalue weighted by Gasteiger charge is -2.22. The molecule has 1 aliphatic rings. The first-order valence-electron chi connectivity index (χ1n) is 7.61. The van der Waals surface area contributed by atoms with Crippen LogP contribution in [0.1, 0.15) is 31.7 Å². The Labute approximate surface area is 126 Å². The Bertz CT molecular complexity index is 511. The van der Waals surface area contributed by atoms with Gasteiger partial charge < -0.3 is 15.0 Å². The third-order valence-corrected chi connectivity index (χ3v) is 3.67. The van der Waals surface area contributed by atoms with Crippen molar-refractivity contribution in [2.24, 2.45) is 0 Å². The minimum absolute atomic E-state index is 0.0323. The number of carbonyl (C=O) groups is 1. The zero-order valence-corrected chi connectivity index (χ0v) is 12.9. The summed E-state index contributed by atoms with van der Waals surface area (Å²) < 4.78 is 5.74. The van der Waals surface area contributed by atoms with Crippen LogP contribution in [-0.2, 0) is 11.3 Å². The molecule has 1 aromatic rings. The molecule has 1 N–H and O–H groups in total. The van der Waals surface area contributed by atoms with Crippen LogP contribution in [0.2, 0.25) is 0 Å². The summed E-state index contributed by atoms with van der Waals surface area (Å²) in [6.07, 6.45) is 5.38. The lowest BCUT2D eigenvalue weighted by Crippen LogP contribution is -2.33. The lowest BCUT2D eigenvalue weighted by atomic mass is 10.2. The van der Waals surface area contributed by atoms with Gasteiger partial charge in [-0.3, -0.25) is 4.79 Å². The molecule has 1 amide bonds. The Morgan fingerprint density at radius 3 is 2.86 bits per heavy atom. The maximum absolute atomic E-state index is 12.3. The second-order valence-electron chi connectivity index (χ2n) is 5.15. The molecular weight excluding hydrogens is 264 g/mol. The number of hydrogen-bond donors (Lipinski definition) is 1. The minimum Gasteiger partial charge on any atom is -0.483 e. The molecular formula is C17H24N2O2. The first-order valence-corrected chi connectivity index (χ1v) is 7.61. The molecule has 0 fully saturated rings. The molecule has 0 saturated heterocycles. The Morgan fingerprint density at radius 1 is 1.38 bits per heavy atom. The average molecular weight is 288 g/mol. The smallest absolute Gasteiger partial charge is 0.264 e. The zero-order chi connectivity index (χ0) is 15.1. The highest BCUT2D eigenvalue weighted by molar-refractivity contribution is 5.79. The quantitative estimate of drug-likeness (QED) is 0.839. The topological polar surface area (TPSA) is 41.6 Å². The van der Waals surface area contributed by atoms with Crippen molar-refractivity contribution in [1.82, 2.24) is 10.2 Å². The van der Waals surface area contributed by atoms with Gasteiger partial charge in [0.05, 0.1) is 0 Å². The van der Waals surface area contributed by atoms with Crippen LogP contribution >= 0.6 is 0 Å². The van der Waals surface area contributed by atoms with E-state index in [1.165, 1.54) is 0 Å². The van der Waals surface area contributed by atoms with E-state index in [0.717, 1.165) is 42.8 Å². The van der Waals surface area contributed by atoms with Gasteiger partial charge in [-0.2, -0.15) is 0 Å². The highest BCUT2D eigenvalue weighted by Crippen LogP contribution is 2.22. The highest BCUT2D eigenvalue weighted by Gasteiger charge is 2.19. The third-order valence-electron chi connectivity index (χ3n) is 3.67. The molecule has 2 rings (SSSR count). The van der Waals surface area contributed by atoms with Gasteiger partial charge in [0, 0.05) is 24.4 Å². The summed E-state index contributed by atoms with van der Waals surface area (Å²) in [6, 6.07) is 7.82. The van der Waals surface area contributed by atoms with E-state index in [4.69, 9.17) is 4.74 Å². The molecule has 0 saturated carbocycles. The predicted molar refractivity (Wildman–Crippen MR) is 84.0 cm³/mol. The predicted octanol–water partition coefficient (Wildman–Crippen LogP) is 2.70. The summed E-state index contributed by atoms with van der Waals surface area (Å²) in [5, 5.41) is 3.11. The van der Waals surface area contributed by atoms with Crippen molar-refractivity contribution in [2.45, 2.75) is 32.7 Å². The number of para-hydroxylation sites is 1. The lowest BCUT2D eigenvalue weighted by molar-refractivity contribution is -0.131. The normalized spacial score (nSPS) is 13.9. The van der Waals surface area contributed by atoms with Gasteiger partial charge in [0.1, 0.15) is 5.75 Å². The van der Waals surface area contributed by atoms with Crippen molar-refractivity contribution in [3.63, 3.8) is 0 Å². The number of nitrogens with zero attached hydrogens (tertiary/aromatic N) is 1. The van der Waals surface area contributed by atoms with Gasteiger partial charge in [0.25, 0.3) is 5.91 Å². The number of rotatable bonds is 7. The number of allylic oxidation sites excluding steroid dienone is 2. The molecule has 0 atom stereocenters. The molecule has 114 valence electrons. The minimum atomic E-state index is 0.0323. The third kappa shape index (κ3) is 4.08. The van der Waals surface area contributed by atoms with Gasteiger partial charge in [-0.15, -0.1) is 0 Å². The van der Waals surface area contributed by atoms with Crippen LogP contribution in [0.15, 0.2) is 36.0 Å². The van der Waals surface area contributed by atoms with E-state index in [0.29, 0.717) is 6.54 Å². The Kier molecular flexibility index (Phi) is 5.81. The Balaban J connectivity index is 1.97. The number of benzene rings is 1. The maximum Gasteiger partial charge on any atom is 0.264 e. The fourth-order valence-corrected chi connectivity index (χ4v) is 2.64.